The molecule has 28 heavy (non-hydrogen) atoms. The summed E-state index contributed by atoms with van der Waals surface area (Å²) in [7, 11) is 0. The third-order valence-electron chi connectivity index (χ3n) is 4.24. The fraction of sp³-hybridized carbons (Fsp3) is 0.316. The summed E-state index contributed by atoms with van der Waals surface area (Å²) >= 11 is 10.2. The molecule has 1 aromatic carbocycles. The maximum atomic E-state index is 12.5. The van der Waals surface area contributed by atoms with Crippen LogP contribution in [0, 0.1) is 4.77 Å². The van der Waals surface area contributed by atoms with E-state index in [1.165, 1.54) is 0 Å². The van der Waals surface area contributed by atoms with Crippen molar-refractivity contribution in [3.05, 3.63) is 61.7 Å². The SMILES string of the molecule is C/C(=N\[S@+]([O-])C(C)(C)C)c1cc(Cl)ccc1Cn1c(=S)[nH]c(=O)c2[nH]ccc21. The second-order valence-corrected chi connectivity index (χ2v) is 10.2. The van der Waals surface area contributed by atoms with Crippen molar-refractivity contribution in [2.75, 3.05) is 0 Å². The van der Waals surface area contributed by atoms with Gasteiger partial charge in [0.2, 0.25) is 0 Å². The molecule has 0 unspecified atom stereocenters. The summed E-state index contributed by atoms with van der Waals surface area (Å²) in [4.78, 5) is 17.7. The number of fused-ring (bicyclic) bond motifs is 1. The summed E-state index contributed by atoms with van der Waals surface area (Å²) in [5.74, 6) is 0. The molecule has 9 heteroatoms. The fourth-order valence-electron chi connectivity index (χ4n) is 2.77. The standard InChI is InChI=1S/C19H21ClN4O2S2/c1-11(23-28(26)19(2,3)4)14-9-13(20)6-5-12(14)10-24-15-7-8-21-16(15)17(25)22-18(24)27/h5-9,21H,10H2,1-4H3,(H,22,25,27)/b23-11+/t28-/m1/s1. The first kappa shape index (κ1) is 20.9. The van der Waals surface area contributed by atoms with Gasteiger partial charge in [0.25, 0.3) is 5.56 Å². The lowest BCUT2D eigenvalue weighted by atomic mass is 10.0. The molecule has 0 fully saturated rings. The Balaban J connectivity index is 2.11. The predicted molar refractivity (Wildman–Crippen MR) is 118 cm³/mol. The van der Waals surface area contributed by atoms with Gasteiger partial charge in [-0.3, -0.25) is 9.78 Å². The Kier molecular flexibility index (Phi) is 5.86. The van der Waals surface area contributed by atoms with Gasteiger partial charge in [-0.1, -0.05) is 22.1 Å². The van der Waals surface area contributed by atoms with E-state index in [0.717, 1.165) is 11.1 Å². The molecule has 0 aliphatic carbocycles. The molecule has 0 aliphatic rings. The normalized spacial score (nSPS) is 13.9. The minimum atomic E-state index is -1.39. The Morgan fingerprint density at radius 3 is 2.75 bits per heavy atom. The van der Waals surface area contributed by atoms with Crippen molar-refractivity contribution in [3.63, 3.8) is 0 Å². The van der Waals surface area contributed by atoms with Gasteiger partial charge in [0.1, 0.15) is 21.6 Å². The Bertz CT molecular complexity index is 1170. The Labute approximate surface area is 176 Å². The number of nitrogens with one attached hydrogen (secondary N) is 2. The second kappa shape index (κ2) is 7.87. The van der Waals surface area contributed by atoms with Crippen molar-refractivity contribution in [1.29, 1.82) is 0 Å². The number of halogens is 1. The van der Waals surface area contributed by atoms with Crippen LogP contribution < -0.4 is 5.56 Å². The van der Waals surface area contributed by atoms with E-state index in [0.29, 0.717) is 33.1 Å². The highest BCUT2D eigenvalue weighted by Gasteiger charge is 2.27. The average Bonchev–Trinajstić information content (AvgIpc) is 3.08. The number of nitrogens with zero attached hydrogens (tertiary/aromatic N) is 2. The zero-order valence-electron chi connectivity index (χ0n) is 16.0. The van der Waals surface area contributed by atoms with Crippen molar-refractivity contribution < 1.29 is 4.55 Å². The molecule has 0 saturated heterocycles. The van der Waals surface area contributed by atoms with Gasteiger partial charge in [-0.15, -0.1) is 0 Å². The second-order valence-electron chi connectivity index (χ2n) is 7.42. The van der Waals surface area contributed by atoms with Crippen LogP contribution in [-0.2, 0) is 17.9 Å². The van der Waals surface area contributed by atoms with Crippen molar-refractivity contribution in [3.8, 4) is 0 Å². The van der Waals surface area contributed by atoms with Crippen LogP contribution in [0.5, 0.6) is 0 Å². The van der Waals surface area contributed by atoms with Gasteiger partial charge in [-0.05, 0) is 63.7 Å². The van der Waals surface area contributed by atoms with Crippen LogP contribution in [0.1, 0.15) is 38.8 Å². The third-order valence-corrected chi connectivity index (χ3v) is 6.29. The third kappa shape index (κ3) is 4.25. The molecule has 2 N–H and O–H groups in total. The quantitative estimate of drug-likeness (QED) is 0.361. The molecule has 0 saturated carbocycles. The van der Waals surface area contributed by atoms with Gasteiger partial charge in [0.05, 0.1) is 17.8 Å². The molecule has 2 aromatic heterocycles. The molecule has 148 valence electrons. The largest absolute Gasteiger partial charge is 0.591 e. The monoisotopic (exact) mass is 436 g/mol. The molecule has 0 aliphatic heterocycles. The van der Waals surface area contributed by atoms with Gasteiger partial charge in [-0.25, -0.2) is 0 Å². The van der Waals surface area contributed by atoms with Gasteiger partial charge >= 0.3 is 0 Å². The summed E-state index contributed by atoms with van der Waals surface area (Å²) in [6.07, 6.45) is 1.70. The number of benzene rings is 1. The molecular weight excluding hydrogens is 416 g/mol. The molecule has 0 spiro atoms. The molecule has 0 radical (unpaired) electrons. The highest BCUT2D eigenvalue weighted by Crippen LogP contribution is 2.23. The van der Waals surface area contributed by atoms with E-state index < -0.39 is 16.1 Å². The molecule has 2 heterocycles. The number of H-pyrrole nitrogens is 2. The Morgan fingerprint density at radius 2 is 2.07 bits per heavy atom. The first-order valence-corrected chi connectivity index (χ1v) is 10.5. The average molecular weight is 437 g/mol. The van der Waals surface area contributed by atoms with Crippen LogP contribution in [0.25, 0.3) is 11.0 Å². The molecule has 6 nitrogen and oxygen atoms in total. The van der Waals surface area contributed by atoms with E-state index in [1.807, 2.05) is 44.4 Å². The maximum absolute atomic E-state index is 12.5. The highest BCUT2D eigenvalue weighted by molar-refractivity contribution is 7.91. The number of aromatic nitrogens is 3. The van der Waals surface area contributed by atoms with E-state index in [1.54, 1.807) is 18.3 Å². The molecule has 0 amide bonds. The summed E-state index contributed by atoms with van der Waals surface area (Å²) in [5.41, 5.74) is 3.25. The maximum Gasteiger partial charge on any atom is 0.276 e. The zero-order valence-corrected chi connectivity index (χ0v) is 18.4. The highest BCUT2D eigenvalue weighted by atomic mass is 35.5. The van der Waals surface area contributed by atoms with E-state index in [9.17, 15) is 9.35 Å². The lowest BCUT2D eigenvalue weighted by Crippen LogP contribution is -2.27. The number of hydrogen-bond acceptors (Lipinski definition) is 4. The minimum Gasteiger partial charge on any atom is -0.591 e. The number of hydrogen-bond donors (Lipinski definition) is 2. The Hall–Kier alpha value is -1.87. The van der Waals surface area contributed by atoms with Crippen molar-refractivity contribution >= 4 is 51.9 Å². The molecule has 0 bridgehead atoms. The van der Waals surface area contributed by atoms with Crippen LogP contribution in [0.15, 0.2) is 39.7 Å². The molecular formula is C19H21ClN4O2S2. The molecule has 3 aromatic rings. The summed E-state index contributed by atoms with van der Waals surface area (Å²) in [6, 6.07) is 7.30. The summed E-state index contributed by atoms with van der Waals surface area (Å²) < 4.78 is 18.5. The zero-order chi connectivity index (χ0) is 20.6. The van der Waals surface area contributed by atoms with Gasteiger partial charge in [0.15, 0.2) is 4.77 Å². The predicted octanol–water partition coefficient (Wildman–Crippen LogP) is 4.36. The minimum absolute atomic E-state index is 0.254. The van der Waals surface area contributed by atoms with Crippen LogP contribution in [0.3, 0.4) is 0 Å². The molecule has 1 atom stereocenters. The first-order valence-electron chi connectivity index (χ1n) is 8.64. The van der Waals surface area contributed by atoms with E-state index in [2.05, 4.69) is 14.4 Å². The van der Waals surface area contributed by atoms with E-state index in [-0.39, 0.29) is 5.56 Å². The van der Waals surface area contributed by atoms with Gasteiger partial charge < -0.3 is 14.1 Å². The number of rotatable bonds is 4. The van der Waals surface area contributed by atoms with Crippen molar-refractivity contribution in [2.24, 2.45) is 4.40 Å². The summed E-state index contributed by atoms with van der Waals surface area (Å²) in [6.45, 7) is 7.85. The fourth-order valence-corrected chi connectivity index (χ4v) is 3.81. The van der Waals surface area contributed by atoms with Crippen molar-refractivity contribution in [2.45, 2.75) is 39.0 Å². The summed E-state index contributed by atoms with van der Waals surface area (Å²) in [5, 5.41) is 0.562. The lowest BCUT2D eigenvalue weighted by molar-refractivity contribution is 0.561. The van der Waals surface area contributed by atoms with Crippen LogP contribution in [0.4, 0.5) is 0 Å². The van der Waals surface area contributed by atoms with E-state index in [4.69, 9.17) is 23.8 Å². The van der Waals surface area contributed by atoms with E-state index >= 15 is 0 Å². The smallest absolute Gasteiger partial charge is 0.276 e. The van der Waals surface area contributed by atoms with Gasteiger partial charge in [-0.2, -0.15) is 0 Å². The van der Waals surface area contributed by atoms with Crippen LogP contribution in [0.2, 0.25) is 5.02 Å². The first-order chi connectivity index (χ1) is 13.1. The number of aromatic amines is 2. The molecule has 3 rings (SSSR count). The van der Waals surface area contributed by atoms with Crippen LogP contribution in [-0.4, -0.2) is 29.5 Å². The van der Waals surface area contributed by atoms with Crippen molar-refractivity contribution in [1.82, 2.24) is 14.5 Å². The van der Waals surface area contributed by atoms with Gasteiger partial charge in [0, 0.05) is 16.8 Å². The Morgan fingerprint density at radius 1 is 1.36 bits per heavy atom. The topological polar surface area (TPSA) is 89.0 Å². The van der Waals surface area contributed by atoms with Crippen LogP contribution >= 0.6 is 23.8 Å². The lowest BCUT2D eigenvalue weighted by Gasteiger charge is -2.19.